The molecule has 2 aromatic rings. The second-order valence-electron chi connectivity index (χ2n) is 4.04. The first kappa shape index (κ1) is 12.6. The zero-order valence-corrected chi connectivity index (χ0v) is 10.1. The van der Waals surface area contributed by atoms with E-state index in [2.05, 4.69) is 10.3 Å². The molecule has 5 heteroatoms. The molecule has 0 spiro atoms. The molecule has 0 saturated heterocycles. The van der Waals surface area contributed by atoms with Crippen LogP contribution in [0.1, 0.15) is 0 Å². The minimum Gasteiger partial charge on any atom is -0.508 e. The molecule has 0 aliphatic carbocycles. The number of phenols is 1. The smallest absolute Gasteiger partial charge is 0.134 e. The maximum absolute atomic E-state index is 9.52. The number of aromatic hydroxyl groups is 1. The van der Waals surface area contributed by atoms with Crippen molar-refractivity contribution in [3.8, 4) is 5.75 Å². The van der Waals surface area contributed by atoms with Gasteiger partial charge in [-0.3, -0.25) is 0 Å². The summed E-state index contributed by atoms with van der Waals surface area (Å²) in [5.74, 6) is 0.810. The first-order valence-corrected chi connectivity index (χ1v) is 5.68. The predicted molar refractivity (Wildman–Crippen MR) is 69.8 cm³/mol. The van der Waals surface area contributed by atoms with Gasteiger partial charge in [0.2, 0.25) is 0 Å². The van der Waals surface area contributed by atoms with Gasteiger partial charge in [0.25, 0.3) is 0 Å². The number of hydrogen-bond acceptors (Lipinski definition) is 5. The van der Waals surface area contributed by atoms with Crippen LogP contribution in [0.5, 0.6) is 5.75 Å². The van der Waals surface area contributed by atoms with Gasteiger partial charge in [0.15, 0.2) is 0 Å². The summed E-state index contributed by atoms with van der Waals surface area (Å²) in [6, 6.07) is 6.73. The number of aliphatic hydroxyl groups excluding tert-OH is 1. The zero-order valence-electron chi connectivity index (χ0n) is 10.1. The number of methoxy groups -OCH3 is 1. The van der Waals surface area contributed by atoms with Crippen molar-refractivity contribution in [2.45, 2.75) is 6.04 Å². The standard InChI is InChI=1S/C13H16N2O3/c1-18-8-10(7-16)15-13-12-6-11(17)3-2-9(12)4-5-14-13/h2-6,10,16-17H,7-8H2,1H3,(H,14,15). The Hall–Kier alpha value is -1.85. The summed E-state index contributed by atoms with van der Waals surface area (Å²) in [5, 5.41) is 23.6. The van der Waals surface area contributed by atoms with E-state index in [0.29, 0.717) is 12.4 Å². The fraction of sp³-hybridized carbons (Fsp3) is 0.308. The molecule has 2 rings (SSSR count). The Kier molecular flexibility index (Phi) is 3.96. The molecule has 0 aliphatic rings. The van der Waals surface area contributed by atoms with E-state index in [-0.39, 0.29) is 18.4 Å². The van der Waals surface area contributed by atoms with E-state index >= 15 is 0 Å². The monoisotopic (exact) mass is 248 g/mol. The average Bonchev–Trinajstić information content (AvgIpc) is 2.38. The molecule has 0 radical (unpaired) electrons. The molecule has 0 aliphatic heterocycles. The molecular formula is C13H16N2O3. The van der Waals surface area contributed by atoms with Gasteiger partial charge >= 0.3 is 0 Å². The van der Waals surface area contributed by atoms with Crippen molar-refractivity contribution >= 4 is 16.6 Å². The molecule has 1 aromatic carbocycles. The molecule has 1 atom stereocenters. The topological polar surface area (TPSA) is 74.6 Å². The van der Waals surface area contributed by atoms with Gasteiger partial charge in [-0.2, -0.15) is 0 Å². The van der Waals surface area contributed by atoms with Crippen LogP contribution in [0.2, 0.25) is 0 Å². The van der Waals surface area contributed by atoms with Crippen LogP contribution in [0, 0.1) is 0 Å². The number of pyridine rings is 1. The summed E-state index contributed by atoms with van der Waals surface area (Å²) >= 11 is 0. The molecule has 1 aromatic heterocycles. The van der Waals surface area contributed by atoms with Crippen LogP contribution in [0.4, 0.5) is 5.82 Å². The van der Waals surface area contributed by atoms with Gasteiger partial charge in [-0.1, -0.05) is 6.07 Å². The number of hydrogen-bond donors (Lipinski definition) is 3. The first-order chi connectivity index (χ1) is 8.74. The molecule has 5 nitrogen and oxygen atoms in total. The second kappa shape index (κ2) is 5.66. The number of aromatic nitrogens is 1. The van der Waals surface area contributed by atoms with Gasteiger partial charge in [0.05, 0.1) is 19.3 Å². The molecule has 18 heavy (non-hydrogen) atoms. The predicted octanol–water partition coefficient (Wildman–Crippen LogP) is 1.36. The summed E-state index contributed by atoms with van der Waals surface area (Å²) in [4.78, 5) is 4.23. The van der Waals surface area contributed by atoms with E-state index in [0.717, 1.165) is 10.8 Å². The molecule has 3 N–H and O–H groups in total. The summed E-state index contributed by atoms with van der Waals surface area (Å²) < 4.78 is 5.00. The molecule has 1 unspecified atom stereocenters. The van der Waals surface area contributed by atoms with Gasteiger partial charge in [0, 0.05) is 18.7 Å². The lowest BCUT2D eigenvalue weighted by molar-refractivity contribution is 0.153. The third kappa shape index (κ3) is 2.69. The molecule has 1 heterocycles. The van der Waals surface area contributed by atoms with Crippen LogP contribution >= 0.6 is 0 Å². The number of nitrogens with zero attached hydrogens (tertiary/aromatic N) is 1. The van der Waals surface area contributed by atoms with Crippen molar-refractivity contribution in [2.75, 3.05) is 25.6 Å². The second-order valence-corrected chi connectivity index (χ2v) is 4.04. The lowest BCUT2D eigenvalue weighted by Crippen LogP contribution is -2.29. The number of ether oxygens (including phenoxy) is 1. The van der Waals surface area contributed by atoms with E-state index in [4.69, 9.17) is 4.74 Å². The fourth-order valence-electron chi connectivity index (χ4n) is 1.81. The number of nitrogens with one attached hydrogen (secondary N) is 1. The van der Waals surface area contributed by atoms with E-state index < -0.39 is 0 Å². The summed E-state index contributed by atoms with van der Waals surface area (Å²) in [5.41, 5.74) is 0. The lowest BCUT2D eigenvalue weighted by atomic mass is 10.1. The van der Waals surface area contributed by atoms with E-state index in [1.807, 2.05) is 12.1 Å². The van der Waals surface area contributed by atoms with Crippen molar-refractivity contribution in [3.63, 3.8) is 0 Å². The highest BCUT2D eigenvalue weighted by Crippen LogP contribution is 2.25. The minimum absolute atomic E-state index is 0.0509. The van der Waals surface area contributed by atoms with Crippen LogP contribution in [0.25, 0.3) is 10.8 Å². The van der Waals surface area contributed by atoms with Crippen LogP contribution in [0.15, 0.2) is 30.5 Å². The highest BCUT2D eigenvalue weighted by atomic mass is 16.5. The van der Waals surface area contributed by atoms with Crippen molar-refractivity contribution in [2.24, 2.45) is 0 Å². The minimum atomic E-state index is -0.226. The average molecular weight is 248 g/mol. The molecule has 0 bridgehead atoms. The first-order valence-electron chi connectivity index (χ1n) is 5.68. The highest BCUT2D eigenvalue weighted by Gasteiger charge is 2.10. The van der Waals surface area contributed by atoms with E-state index in [1.165, 1.54) is 0 Å². The number of rotatable bonds is 5. The Balaban J connectivity index is 2.34. The molecule has 0 fully saturated rings. The highest BCUT2D eigenvalue weighted by molar-refractivity contribution is 5.92. The Morgan fingerprint density at radius 2 is 2.22 bits per heavy atom. The normalized spacial score (nSPS) is 12.6. The third-order valence-corrected chi connectivity index (χ3v) is 2.68. The van der Waals surface area contributed by atoms with Gasteiger partial charge < -0.3 is 20.3 Å². The molecular weight excluding hydrogens is 232 g/mol. The largest absolute Gasteiger partial charge is 0.508 e. The van der Waals surface area contributed by atoms with Crippen LogP contribution in [0.3, 0.4) is 0 Å². The van der Waals surface area contributed by atoms with Crippen molar-refractivity contribution < 1.29 is 14.9 Å². The van der Waals surface area contributed by atoms with Crippen molar-refractivity contribution in [1.29, 1.82) is 0 Å². The number of benzene rings is 1. The maximum atomic E-state index is 9.52. The van der Waals surface area contributed by atoms with Crippen molar-refractivity contribution in [3.05, 3.63) is 30.5 Å². The maximum Gasteiger partial charge on any atom is 0.134 e. The number of fused-ring (bicyclic) bond motifs is 1. The molecule has 0 saturated carbocycles. The number of anilines is 1. The fourth-order valence-corrected chi connectivity index (χ4v) is 1.81. The quantitative estimate of drug-likeness (QED) is 0.745. The lowest BCUT2D eigenvalue weighted by Gasteiger charge is -2.17. The Morgan fingerprint density at radius 1 is 1.39 bits per heavy atom. The third-order valence-electron chi connectivity index (χ3n) is 2.68. The van der Waals surface area contributed by atoms with Gasteiger partial charge in [0.1, 0.15) is 11.6 Å². The molecule has 0 amide bonds. The van der Waals surface area contributed by atoms with E-state index in [9.17, 15) is 10.2 Å². The van der Waals surface area contributed by atoms with Crippen LogP contribution < -0.4 is 5.32 Å². The van der Waals surface area contributed by atoms with Crippen LogP contribution in [-0.4, -0.2) is 41.6 Å². The van der Waals surface area contributed by atoms with Gasteiger partial charge in [-0.15, -0.1) is 0 Å². The summed E-state index contributed by atoms with van der Waals surface area (Å²) in [7, 11) is 1.58. The van der Waals surface area contributed by atoms with Crippen LogP contribution in [-0.2, 0) is 4.74 Å². The Labute approximate surface area is 105 Å². The van der Waals surface area contributed by atoms with Crippen molar-refractivity contribution in [1.82, 2.24) is 4.98 Å². The summed E-state index contributed by atoms with van der Waals surface area (Å²) in [6.45, 7) is 0.331. The van der Waals surface area contributed by atoms with Gasteiger partial charge in [-0.05, 0) is 23.6 Å². The van der Waals surface area contributed by atoms with E-state index in [1.54, 1.807) is 25.4 Å². The van der Waals surface area contributed by atoms with Gasteiger partial charge in [-0.25, -0.2) is 4.98 Å². The zero-order chi connectivity index (χ0) is 13.0. The number of phenolic OH excluding ortho intramolecular Hbond substituents is 1. The summed E-state index contributed by atoms with van der Waals surface area (Å²) in [6.07, 6.45) is 1.68. The Morgan fingerprint density at radius 3 is 2.94 bits per heavy atom. The number of aliphatic hydroxyl groups is 1. The molecule has 96 valence electrons. The SMILES string of the molecule is COCC(CO)Nc1nccc2ccc(O)cc12. The Bertz CT molecular complexity index is 531.